The van der Waals surface area contributed by atoms with Crippen molar-refractivity contribution in [2.45, 2.75) is 19.1 Å². The lowest BCUT2D eigenvalue weighted by Gasteiger charge is -2.00. The summed E-state index contributed by atoms with van der Waals surface area (Å²) in [5, 5.41) is 36.3. The molecule has 0 radical (unpaired) electrons. The van der Waals surface area contributed by atoms with E-state index in [9.17, 15) is 10.1 Å². The van der Waals surface area contributed by atoms with Crippen molar-refractivity contribution in [3.8, 4) is 0 Å². The van der Waals surface area contributed by atoms with Crippen LogP contribution < -0.4 is 0 Å². The van der Waals surface area contributed by atoms with Crippen molar-refractivity contribution in [3.63, 3.8) is 0 Å². The van der Waals surface area contributed by atoms with E-state index in [1.165, 1.54) is 6.07 Å². The van der Waals surface area contributed by atoms with Crippen molar-refractivity contribution >= 4 is 5.69 Å². The second-order valence-electron chi connectivity index (χ2n) is 4.50. The molecule has 0 spiro atoms. The molecule has 0 heterocycles. The molecule has 0 unspecified atom stereocenters. The second-order valence-corrected chi connectivity index (χ2v) is 4.50. The van der Waals surface area contributed by atoms with E-state index in [-0.39, 0.29) is 12.3 Å². The number of hydrogen-bond acceptors (Lipinski definition) is 5. The summed E-state index contributed by atoms with van der Waals surface area (Å²) in [6.07, 6.45) is -0.232. The maximum Gasteiger partial charge on any atom is 0.272 e. The quantitative estimate of drug-likeness (QED) is 0.446. The largest absolute Gasteiger partial charge is 0.396 e. The highest BCUT2D eigenvalue weighted by atomic mass is 16.6. The number of nitrogens with zero attached hydrogens (tertiary/aromatic N) is 1. The monoisotopic (exact) mass is 305 g/mol. The van der Waals surface area contributed by atoms with Crippen LogP contribution in [0.15, 0.2) is 54.6 Å². The minimum Gasteiger partial charge on any atom is -0.396 e. The molecule has 0 aromatic heterocycles. The number of hydrogen-bond donors (Lipinski definition) is 3. The fourth-order valence-electron chi connectivity index (χ4n) is 1.80. The number of rotatable bonds is 5. The summed E-state index contributed by atoms with van der Waals surface area (Å²) in [6, 6.07) is 15.3. The molecule has 0 amide bonds. The Morgan fingerprint density at radius 1 is 1.00 bits per heavy atom. The van der Waals surface area contributed by atoms with Crippen LogP contribution in [-0.2, 0) is 6.42 Å². The van der Waals surface area contributed by atoms with Gasteiger partial charge in [-0.05, 0) is 12.8 Å². The summed E-state index contributed by atoms with van der Waals surface area (Å²) in [5.41, 5.74) is 1.34. The summed E-state index contributed by atoms with van der Waals surface area (Å²) in [7, 11) is 0. The first-order chi connectivity index (χ1) is 10.6. The molecule has 6 nitrogen and oxygen atoms in total. The van der Waals surface area contributed by atoms with Gasteiger partial charge in [-0.15, -0.1) is 0 Å². The molecular formula is C16H19NO5. The Morgan fingerprint density at radius 2 is 1.59 bits per heavy atom. The molecule has 0 saturated heterocycles. The van der Waals surface area contributed by atoms with Gasteiger partial charge in [-0.2, -0.15) is 0 Å². The van der Waals surface area contributed by atoms with Gasteiger partial charge in [-0.3, -0.25) is 10.1 Å². The van der Waals surface area contributed by atoms with Crippen molar-refractivity contribution in [1.82, 2.24) is 0 Å². The van der Waals surface area contributed by atoms with Crippen LogP contribution in [0.2, 0.25) is 0 Å². The number of aryl methyl sites for hydroxylation is 1. The van der Waals surface area contributed by atoms with Crippen LogP contribution >= 0.6 is 0 Å². The summed E-state index contributed by atoms with van der Waals surface area (Å²) in [6.45, 7) is 0.0616. The molecule has 0 bridgehead atoms. The molecular weight excluding hydrogens is 286 g/mol. The first kappa shape index (κ1) is 17.8. The van der Waals surface area contributed by atoms with Gasteiger partial charge in [0.2, 0.25) is 0 Å². The fraction of sp³-hybridized carbons (Fsp3) is 0.250. The number of nitro groups is 1. The predicted molar refractivity (Wildman–Crippen MR) is 82.1 cm³/mol. The summed E-state index contributed by atoms with van der Waals surface area (Å²) >= 11 is 0. The lowest BCUT2D eigenvalue weighted by Crippen LogP contribution is -1.96. The molecule has 0 aliphatic rings. The van der Waals surface area contributed by atoms with E-state index < -0.39 is 11.2 Å². The summed E-state index contributed by atoms with van der Waals surface area (Å²) in [4.78, 5) is 10.1. The van der Waals surface area contributed by atoms with Gasteiger partial charge in [-0.25, -0.2) is 0 Å². The van der Waals surface area contributed by atoms with E-state index in [0.29, 0.717) is 24.0 Å². The van der Waals surface area contributed by atoms with E-state index in [0.717, 1.165) is 0 Å². The first-order valence-corrected chi connectivity index (χ1v) is 6.80. The Hall–Kier alpha value is -2.28. The molecule has 6 heteroatoms. The Labute approximate surface area is 128 Å². The molecule has 0 aliphatic heterocycles. The van der Waals surface area contributed by atoms with E-state index in [4.69, 9.17) is 15.3 Å². The summed E-state index contributed by atoms with van der Waals surface area (Å²) < 4.78 is 0. The number of aliphatic hydroxyl groups is 3. The molecule has 0 saturated carbocycles. The third kappa shape index (κ3) is 6.01. The molecule has 2 rings (SSSR count). The van der Waals surface area contributed by atoms with Crippen LogP contribution in [0, 0.1) is 10.1 Å². The maximum absolute atomic E-state index is 10.5. The lowest BCUT2D eigenvalue weighted by molar-refractivity contribution is -0.385. The first-order valence-electron chi connectivity index (χ1n) is 6.80. The average molecular weight is 305 g/mol. The topological polar surface area (TPSA) is 104 Å². The van der Waals surface area contributed by atoms with Gasteiger partial charge in [0.15, 0.2) is 6.29 Å². The van der Waals surface area contributed by atoms with Crippen LogP contribution in [0.3, 0.4) is 0 Å². The molecule has 0 fully saturated rings. The van der Waals surface area contributed by atoms with Gasteiger partial charge < -0.3 is 15.3 Å². The van der Waals surface area contributed by atoms with Crippen LogP contribution in [0.1, 0.15) is 23.8 Å². The third-order valence-electron chi connectivity index (χ3n) is 2.89. The zero-order valence-electron chi connectivity index (χ0n) is 12.0. The molecule has 22 heavy (non-hydrogen) atoms. The van der Waals surface area contributed by atoms with E-state index in [2.05, 4.69) is 0 Å². The van der Waals surface area contributed by atoms with Crippen LogP contribution in [0.5, 0.6) is 0 Å². The van der Waals surface area contributed by atoms with Crippen LogP contribution in [0.25, 0.3) is 0 Å². The van der Waals surface area contributed by atoms with E-state index in [1.54, 1.807) is 42.5 Å². The molecule has 3 N–H and O–H groups in total. The number of aliphatic hydroxyl groups excluding tert-OH is 2. The fourth-order valence-corrected chi connectivity index (χ4v) is 1.80. The Kier molecular flexibility index (Phi) is 7.77. The van der Waals surface area contributed by atoms with E-state index >= 15 is 0 Å². The highest BCUT2D eigenvalue weighted by molar-refractivity contribution is 5.39. The highest BCUT2D eigenvalue weighted by Crippen LogP contribution is 2.18. The second kappa shape index (κ2) is 9.62. The van der Waals surface area contributed by atoms with Crippen molar-refractivity contribution in [2.75, 3.05) is 6.61 Å². The van der Waals surface area contributed by atoms with Crippen LogP contribution in [-0.4, -0.2) is 26.8 Å². The standard InChI is InChI=1S/C9H11NO3.C7H8O2/c11-7-3-5-8-4-1-2-6-9(8)10(12)13;8-7(9)6-4-2-1-3-5-6/h1-2,4,6,11H,3,5,7H2;1-5,7-9H. The Bertz CT molecular complexity index is 572. The SMILES string of the molecule is O=[N+]([O-])c1ccccc1CCCO.OC(O)c1ccccc1. The molecule has 118 valence electrons. The van der Waals surface area contributed by atoms with Gasteiger partial charge in [-0.1, -0.05) is 48.5 Å². The van der Waals surface area contributed by atoms with Gasteiger partial charge in [0, 0.05) is 23.8 Å². The van der Waals surface area contributed by atoms with Gasteiger partial charge in [0.25, 0.3) is 5.69 Å². The third-order valence-corrected chi connectivity index (χ3v) is 2.89. The molecule has 2 aromatic rings. The van der Waals surface area contributed by atoms with Gasteiger partial charge >= 0.3 is 0 Å². The van der Waals surface area contributed by atoms with E-state index in [1.807, 2.05) is 6.07 Å². The molecule has 2 aromatic carbocycles. The number of benzene rings is 2. The van der Waals surface area contributed by atoms with Crippen molar-refractivity contribution < 1.29 is 20.2 Å². The Morgan fingerprint density at radius 3 is 2.09 bits per heavy atom. The van der Waals surface area contributed by atoms with Crippen molar-refractivity contribution in [2.24, 2.45) is 0 Å². The molecule has 0 aliphatic carbocycles. The molecule has 0 atom stereocenters. The lowest BCUT2D eigenvalue weighted by atomic mass is 10.1. The normalized spacial score (nSPS) is 10.0. The van der Waals surface area contributed by atoms with Crippen molar-refractivity contribution in [1.29, 1.82) is 0 Å². The number of nitro benzene ring substituents is 1. The summed E-state index contributed by atoms with van der Waals surface area (Å²) in [5.74, 6) is 0. The zero-order chi connectivity index (χ0) is 16.4. The average Bonchev–Trinajstić information content (AvgIpc) is 2.54. The minimum absolute atomic E-state index is 0.0616. The zero-order valence-corrected chi connectivity index (χ0v) is 12.0. The predicted octanol–water partition coefficient (Wildman–Crippen LogP) is 2.19. The minimum atomic E-state index is -1.34. The van der Waals surface area contributed by atoms with Gasteiger partial charge in [0.1, 0.15) is 0 Å². The smallest absolute Gasteiger partial charge is 0.272 e. The Balaban J connectivity index is 0.000000235. The number of para-hydroxylation sites is 1. The van der Waals surface area contributed by atoms with Crippen molar-refractivity contribution in [3.05, 3.63) is 75.8 Å². The highest BCUT2D eigenvalue weighted by Gasteiger charge is 2.10. The maximum atomic E-state index is 10.5. The van der Waals surface area contributed by atoms with Gasteiger partial charge in [0.05, 0.1) is 4.92 Å². The van der Waals surface area contributed by atoms with Crippen LogP contribution in [0.4, 0.5) is 5.69 Å².